The van der Waals surface area contributed by atoms with Gasteiger partial charge in [-0.25, -0.2) is 4.79 Å². The summed E-state index contributed by atoms with van der Waals surface area (Å²) in [4.78, 5) is 10.8. The maximum absolute atomic E-state index is 10.8. The second kappa shape index (κ2) is 6.59. The second-order valence-electron chi connectivity index (χ2n) is 2.72. The van der Waals surface area contributed by atoms with Crippen LogP contribution in [0.3, 0.4) is 0 Å². The average Bonchev–Trinajstić information content (AvgIpc) is 2.36. The molecule has 0 saturated carbocycles. The Labute approximate surface area is 106 Å². The van der Waals surface area contributed by atoms with Crippen LogP contribution in [0, 0.1) is 0 Å². The van der Waals surface area contributed by atoms with Gasteiger partial charge < -0.3 is 25.1 Å². The molecule has 94 valence electrons. The number of ether oxygens (including phenoxy) is 3. The summed E-state index contributed by atoms with van der Waals surface area (Å²) in [6, 6.07) is 5.76. The van der Waals surface area contributed by atoms with Gasteiger partial charge in [-0.15, -0.1) is 0 Å². The van der Waals surface area contributed by atoms with Crippen LogP contribution in [0.2, 0.25) is 0 Å². The summed E-state index contributed by atoms with van der Waals surface area (Å²) in [7, 11) is 1.29. The number of amides is 1. The van der Waals surface area contributed by atoms with Crippen LogP contribution in [0.4, 0.5) is 4.79 Å². The molecule has 1 unspecified atom stereocenters. The predicted molar refractivity (Wildman–Crippen MR) is 60.0 cm³/mol. The van der Waals surface area contributed by atoms with E-state index in [1.54, 1.807) is 6.07 Å². The van der Waals surface area contributed by atoms with Crippen molar-refractivity contribution in [2.24, 2.45) is 5.73 Å². The molecule has 0 heterocycles. The van der Waals surface area contributed by atoms with Gasteiger partial charge in [0.15, 0.2) is 17.6 Å². The predicted octanol–water partition coefficient (Wildman–Crippen LogP) is 0.530. The molecule has 0 aliphatic rings. The van der Waals surface area contributed by atoms with E-state index in [1.165, 1.54) is 25.3 Å². The Hall–Kier alpha value is -1.95. The summed E-state index contributed by atoms with van der Waals surface area (Å²) < 4.78 is 51.4. The molecule has 1 amide bonds. The number of rotatable bonds is 6. The second-order valence-corrected chi connectivity index (χ2v) is 2.72. The fourth-order valence-corrected chi connectivity index (χ4v) is 0.972. The zero-order valence-corrected chi connectivity index (χ0v) is 8.97. The van der Waals surface area contributed by atoms with E-state index in [0.29, 0.717) is 0 Å². The third-order valence-electron chi connectivity index (χ3n) is 1.63. The number of benzene rings is 1. The summed E-state index contributed by atoms with van der Waals surface area (Å²) in [5.74, 6) is -0.102. The first-order valence-electron chi connectivity index (χ1n) is 6.97. The summed E-state index contributed by atoms with van der Waals surface area (Å²) in [5, 5.41) is 9.39. The minimum Gasteiger partial charge on any atom is -0.493 e. The van der Waals surface area contributed by atoms with Gasteiger partial charge in [0.1, 0.15) is 6.56 Å². The first-order chi connectivity index (χ1) is 9.94. The van der Waals surface area contributed by atoms with Crippen molar-refractivity contribution in [3.05, 3.63) is 24.3 Å². The van der Waals surface area contributed by atoms with Gasteiger partial charge in [0, 0.05) is 0 Å². The molecule has 3 N–H and O–H groups in total. The fourth-order valence-electron chi connectivity index (χ4n) is 0.972. The monoisotopic (exact) mass is 246 g/mol. The Balaban J connectivity index is 3.25. The Morgan fingerprint density at radius 3 is 2.76 bits per heavy atom. The molecule has 6 nitrogen and oxygen atoms in total. The number of hydrogen-bond donors (Lipinski definition) is 2. The van der Waals surface area contributed by atoms with Crippen molar-refractivity contribution in [1.82, 2.24) is 0 Å². The molecular weight excluding hydrogens is 226 g/mol. The van der Waals surface area contributed by atoms with Crippen molar-refractivity contribution in [3.8, 4) is 11.5 Å². The van der Waals surface area contributed by atoms with Crippen LogP contribution in [0.15, 0.2) is 24.3 Å². The van der Waals surface area contributed by atoms with Gasteiger partial charge in [-0.1, -0.05) is 12.1 Å². The molecule has 0 aliphatic carbocycles. The van der Waals surface area contributed by atoms with Crippen LogP contribution in [0.25, 0.3) is 0 Å². The van der Waals surface area contributed by atoms with Crippen molar-refractivity contribution in [3.63, 3.8) is 0 Å². The maximum atomic E-state index is 10.8. The number of hydrogen-bond acceptors (Lipinski definition) is 5. The first-order valence-corrected chi connectivity index (χ1v) is 4.47. The largest absolute Gasteiger partial charge is 0.493 e. The number of para-hydroxylation sites is 2. The van der Waals surface area contributed by atoms with E-state index in [4.69, 9.17) is 22.1 Å². The van der Waals surface area contributed by atoms with Crippen molar-refractivity contribution in [1.29, 1.82) is 0 Å². The van der Waals surface area contributed by atoms with Crippen LogP contribution in [0.1, 0.15) is 6.85 Å². The van der Waals surface area contributed by atoms with E-state index >= 15 is 0 Å². The number of aliphatic hydroxyl groups is 1. The molecule has 0 aromatic heterocycles. The van der Waals surface area contributed by atoms with Crippen LogP contribution >= 0.6 is 0 Å². The van der Waals surface area contributed by atoms with E-state index in [9.17, 15) is 9.90 Å². The molecule has 6 heteroatoms. The molecule has 0 aliphatic heterocycles. The first kappa shape index (κ1) is 7.39. The molecule has 0 bridgehead atoms. The zero-order chi connectivity index (χ0) is 17.2. The van der Waals surface area contributed by atoms with Gasteiger partial charge in [-0.3, -0.25) is 0 Å². The van der Waals surface area contributed by atoms with Gasteiger partial charge in [0.2, 0.25) is 0 Å². The lowest BCUT2D eigenvalue weighted by Gasteiger charge is -2.16. The highest BCUT2D eigenvalue weighted by atomic mass is 16.6. The number of carbonyl (C=O) groups excluding carboxylic acids is 1. The van der Waals surface area contributed by atoms with Crippen LogP contribution in [-0.4, -0.2) is 37.5 Å². The molecule has 1 atom stereocenters. The molecule has 1 aromatic rings. The van der Waals surface area contributed by atoms with E-state index in [1.807, 2.05) is 0 Å². The molecule has 1 aromatic carbocycles. The third kappa shape index (κ3) is 4.20. The van der Waals surface area contributed by atoms with Crippen molar-refractivity contribution >= 4 is 6.09 Å². The van der Waals surface area contributed by atoms with Gasteiger partial charge in [0.05, 0.1) is 20.5 Å². The Morgan fingerprint density at radius 1 is 1.59 bits per heavy atom. The molecule has 0 fully saturated rings. The molecular formula is C11H15NO5. The molecule has 0 saturated heterocycles. The lowest BCUT2D eigenvalue weighted by Crippen LogP contribution is -2.31. The highest BCUT2D eigenvalue weighted by Crippen LogP contribution is 2.25. The Kier molecular flexibility index (Phi) is 2.87. The van der Waals surface area contributed by atoms with Crippen molar-refractivity contribution in [2.45, 2.75) is 6.08 Å². The molecule has 0 radical (unpaired) electrons. The van der Waals surface area contributed by atoms with Crippen LogP contribution in [-0.2, 0) is 4.74 Å². The third-order valence-corrected chi connectivity index (χ3v) is 1.63. The minimum atomic E-state index is -3.60. The normalized spacial score (nSPS) is 19.5. The smallest absolute Gasteiger partial charge is 0.404 e. The fraction of sp³-hybridized carbons (Fsp3) is 0.364. The number of primary amides is 1. The van der Waals surface area contributed by atoms with Crippen molar-refractivity contribution < 1.29 is 31.0 Å². The summed E-state index contributed by atoms with van der Waals surface area (Å²) in [5.41, 5.74) is 4.72. The minimum absolute atomic E-state index is 0.0892. The van der Waals surface area contributed by atoms with Gasteiger partial charge in [0.25, 0.3) is 0 Å². The lowest BCUT2D eigenvalue weighted by atomic mass is 10.3. The standard InChI is InChI=1S/C11H15NO5/c1-15-9-4-2-3-5-10(9)16-7-8(6-13)17-11(12)14/h2-5,8,13H,6-7H2,1H3,(H2,12,14)/i6D2,7D2,8D. The topological polar surface area (TPSA) is 91.0 Å². The van der Waals surface area contributed by atoms with E-state index in [0.717, 1.165) is 0 Å². The van der Waals surface area contributed by atoms with E-state index < -0.39 is 25.3 Å². The van der Waals surface area contributed by atoms with Crippen LogP contribution < -0.4 is 15.2 Å². The van der Waals surface area contributed by atoms with E-state index in [-0.39, 0.29) is 11.5 Å². The molecule has 17 heavy (non-hydrogen) atoms. The Morgan fingerprint density at radius 2 is 2.24 bits per heavy atom. The summed E-state index contributed by atoms with van der Waals surface area (Å²) in [6.07, 6.45) is -5.13. The van der Waals surface area contributed by atoms with Gasteiger partial charge in [-0.05, 0) is 12.1 Å². The maximum Gasteiger partial charge on any atom is 0.404 e. The Bertz CT molecular complexity index is 550. The SMILES string of the molecule is [2H]C([2H])(O)C([2H])(OC(N)=O)C([2H])([2H])Oc1ccccc1OC. The average molecular weight is 246 g/mol. The molecule has 1 rings (SSSR count). The van der Waals surface area contributed by atoms with Gasteiger partial charge >= 0.3 is 6.09 Å². The number of carbonyl (C=O) groups is 1. The van der Waals surface area contributed by atoms with Crippen molar-refractivity contribution in [2.75, 3.05) is 20.2 Å². The highest BCUT2D eigenvalue weighted by Gasteiger charge is 2.13. The summed E-state index contributed by atoms with van der Waals surface area (Å²) in [6.45, 7) is -6.90. The number of methoxy groups -OCH3 is 1. The number of nitrogens with two attached hydrogens (primary N) is 1. The zero-order valence-electron chi connectivity index (χ0n) is 14.0. The van der Waals surface area contributed by atoms with Gasteiger partial charge in [-0.2, -0.15) is 0 Å². The highest BCUT2D eigenvalue weighted by molar-refractivity contribution is 5.64. The lowest BCUT2D eigenvalue weighted by molar-refractivity contribution is 0.0329. The van der Waals surface area contributed by atoms with Crippen LogP contribution in [0.5, 0.6) is 11.5 Å². The van der Waals surface area contributed by atoms with E-state index in [2.05, 4.69) is 4.74 Å². The summed E-state index contributed by atoms with van der Waals surface area (Å²) >= 11 is 0. The quantitative estimate of drug-likeness (QED) is 0.764. The molecule has 0 spiro atoms.